The number of nitrogens with one attached hydrogen (secondary N) is 1. The average molecular weight is 582 g/mol. The van der Waals surface area contributed by atoms with Crippen LogP contribution in [0.25, 0.3) is 0 Å². The van der Waals surface area contributed by atoms with Crippen LogP contribution in [0.3, 0.4) is 0 Å². The Morgan fingerprint density at radius 2 is 1.46 bits per heavy atom. The Hall–Kier alpha value is -1.63. The molecule has 1 saturated carbocycles. The van der Waals surface area contributed by atoms with Gasteiger partial charge in [-0.05, 0) is 58.3 Å². The van der Waals surface area contributed by atoms with E-state index in [-0.39, 0.29) is 23.5 Å². The Kier molecular flexibility index (Phi) is 20.9. The minimum absolute atomic E-state index is 0.0225. The van der Waals surface area contributed by atoms with Crippen LogP contribution in [0.15, 0.2) is 0 Å². The Morgan fingerprint density at radius 1 is 0.854 bits per heavy atom. The summed E-state index contributed by atoms with van der Waals surface area (Å²) in [5, 5.41) is 3.11. The fraction of sp³-hybridized carbons (Fsp3) is 0.912. The van der Waals surface area contributed by atoms with Crippen LogP contribution in [-0.2, 0) is 28.6 Å². The summed E-state index contributed by atoms with van der Waals surface area (Å²) < 4.78 is 17.0. The molecule has 1 fully saturated rings. The number of unbranched alkanes of at least 4 members (excludes halogenated alkanes) is 11. The van der Waals surface area contributed by atoms with Crippen molar-refractivity contribution in [2.24, 2.45) is 5.92 Å². The van der Waals surface area contributed by atoms with Crippen molar-refractivity contribution < 1.29 is 28.6 Å². The summed E-state index contributed by atoms with van der Waals surface area (Å²) in [5.74, 6) is 0.414. The number of ether oxygens (including phenoxy) is 3. The van der Waals surface area contributed by atoms with Crippen LogP contribution in [0.2, 0.25) is 0 Å². The van der Waals surface area contributed by atoms with Gasteiger partial charge >= 0.3 is 5.97 Å². The lowest BCUT2D eigenvalue weighted by Crippen LogP contribution is -2.47. The second-order valence-electron chi connectivity index (χ2n) is 13.2. The molecule has 41 heavy (non-hydrogen) atoms. The zero-order chi connectivity index (χ0) is 30.3. The summed E-state index contributed by atoms with van der Waals surface area (Å²) in [4.78, 5) is 36.2. The number of carbonyl (C=O) groups excluding carboxylic acids is 3. The molecule has 1 aliphatic rings. The first-order valence-electron chi connectivity index (χ1n) is 16.9. The van der Waals surface area contributed by atoms with Gasteiger partial charge < -0.3 is 19.5 Å². The van der Waals surface area contributed by atoms with Crippen LogP contribution >= 0.6 is 0 Å². The Labute approximate surface area is 251 Å². The zero-order valence-electron chi connectivity index (χ0n) is 27.2. The molecule has 0 aromatic rings. The van der Waals surface area contributed by atoms with E-state index in [2.05, 4.69) is 39.9 Å². The van der Waals surface area contributed by atoms with E-state index in [0.29, 0.717) is 44.5 Å². The van der Waals surface area contributed by atoms with Crippen LogP contribution in [0.1, 0.15) is 163 Å². The molecule has 1 N–H and O–H groups in total. The summed E-state index contributed by atoms with van der Waals surface area (Å²) in [6.07, 6.45) is 18.9. The molecule has 0 aliphatic heterocycles. The van der Waals surface area contributed by atoms with Crippen LogP contribution in [-0.4, -0.2) is 48.8 Å². The molecule has 7 nitrogen and oxygen atoms in total. The van der Waals surface area contributed by atoms with E-state index in [9.17, 15) is 14.4 Å². The van der Waals surface area contributed by atoms with Crippen molar-refractivity contribution in [1.29, 1.82) is 0 Å². The third kappa shape index (κ3) is 20.0. The maximum absolute atomic E-state index is 12.6. The molecule has 0 heterocycles. The van der Waals surface area contributed by atoms with E-state index in [1.54, 1.807) is 0 Å². The topological polar surface area (TPSA) is 90.9 Å². The highest BCUT2D eigenvalue weighted by Crippen LogP contribution is 2.26. The van der Waals surface area contributed by atoms with Gasteiger partial charge in [0.2, 0.25) is 5.91 Å². The third-order valence-electron chi connectivity index (χ3n) is 8.21. The molecule has 3 atom stereocenters. The largest absolute Gasteiger partial charge is 0.461 e. The molecule has 7 heteroatoms. The van der Waals surface area contributed by atoms with Crippen molar-refractivity contribution in [3.63, 3.8) is 0 Å². The molecule has 3 unspecified atom stereocenters. The zero-order valence-corrected chi connectivity index (χ0v) is 27.2. The second-order valence-corrected chi connectivity index (χ2v) is 13.2. The van der Waals surface area contributed by atoms with Gasteiger partial charge in [0.25, 0.3) is 6.47 Å². The van der Waals surface area contributed by atoms with Gasteiger partial charge in [0.1, 0.15) is 12.2 Å². The predicted molar refractivity (Wildman–Crippen MR) is 166 cm³/mol. The van der Waals surface area contributed by atoms with Gasteiger partial charge in [-0.15, -0.1) is 0 Å². The van der Waals surface area contributed by atoms with Crippen LogP contribution in [0.4, 0.5) is 0 Å². The summed E-state index contributed by atoms with van der Waals surface area (Å²) in [6, 6.07) is -0.0791. The number of rotatable bonds is 25. The number of esters is 1. The molecular formula is C34H63NO6. The number of hydrogen-bond acceptors (Lipinski definition) is 6. The fourth-order valence-electron chi connectivity index (χ4n) is 5.52. The lowest BCUT2D eigenvalue weighted by Gasteiger charge is -2.34. The molecule has 0 bridgehead atoms. The third-order valence-corrected chi connectivity index (χ3v) is 8.21. The standard InChI is InChI=1S/C34H63NO6/c1-6-7-8-9-10-11-12-13-14-15-16-20-33(38)41-31-26-29(21-22-30(31)39-27-36)35-32(37)19-17-18-24-34(4,5)40-25-23-28(2)3/h27-31H,6-26H2,1-5H3,(H,35,37). The van der Waals surface area contributed by atoms with Gasteiger partial charge in [-0.3, -0.25) is 14.4 Å². The summed E-state index contributed by atoms with van der Waals surface area (Å²) >= 11 is 0. The number of hydrogen-bond donors (Lipinski definition) is 1. The first-order valence-corrected chi connectivity index (χ1v) is 16.9. The maximum atomic E-state index is 12.6. The summed E-state index contributed by atoms with van der Waals surface area (Å²) in [6.45, 7) is 12.1. The molecule has 240 valence electrons. The first-order chi connectivity index (χ1) is 19.7. The molecular weight excluding hydrogens is 518 g/mol. The van der Waals surface area contributed by atoms with E-state index < -0.39 is 12.2 Å². The van der Waals surface area contributed by atoms with Gasteiger partial charge in [-0.2, -0.15) is 0 Å². The second kappa shape index (κ2) is 22.9. The van der Waals surface area contributed by atoms with Crippen molar-refractivity contribution >= 4 is 18.3 Å². The molecule has 1 aliphatic carbocycles. The average Bonchev–Trinajstić information content (AvgIpc) is 2.91. The van der Waals surface area contributed by atoms with Gasteiger partial charge in [0, 0.05) is 31.9 Å². The minimum atomic E-state index is -0.511. The normalized spacial score (nSPS) is 19.2. The molecule has 0 aromatic heterocycles. The lowest BCUT2D eigenvalue weighted by molar-refractivity contribution is -0.166. The number of carbonyl (C=O) groups is 3. The first kappa shape index (κ1) is 37.4. The highest BCUT2D eigenvalue weighted by Gasteiger charge is 2.35. The van der Waals surface area contributed by atoms with Crippen molar-refractivity contribution in [2.45, 2.75) is 187 Å². The highest BCUT2D eigenvalue weighted by molar-refractivity contribution is 5.76. The van der Waals surface area contributed by atoms with Crippen LogP contribution in [0.5, 0.6) is 0 Å². The minimum Gasteiger partial charge on any atom is -0.461 e. The van der Waals surface area contributed by atoms with E-state index in [0.717, 1.165) is 51.6 Å². The fourth-order valence-corrected chi connectivity index (χ4v) is 5.52. The Balaban J connectivity index is 2.27. The van der Waals surface area contributed by atoms with Gasteiger partial charge in [0.15, 0.2) is 0 Å². The van der Waals surface area contributed by atoms with E-state index in [1.165, 1.54) is 51.4 Å². The molecule has 1 rings (SSSR count). The van der Waals surface area contributed by atoms with Crippen molar-refractivity contribution in [3.8, 4) is 0 Å². The molecule has 0 radical (unpaired) electrons. The smallest absolute Gasteiger partial charge is 0.306 e. The summed E-state index contributed by atoms with van der Waals surface area (Å²) in [7, 11) is 0. The van der Waals surface area contributed by atoms with Crippen LogP contribution < -0.4 is 5.32 Å². The van der Waals surface area contributed by atoms with Gasteiger partial charge in [-0.1, -0.05) is 91.4 Å². The Bertz CT molecular complexity index is 695. The summed E-state index contributed by atoms with van der Waals surface area (Å²) in [5.41, 5.74) is -0.174. The molecule has 1 amide bonds. The highest BCUT2D eigenvalue weighted by atomic mass is 16.6. The quantitative estimate of drug-likeness (QED) is 0.0664. The molecule has 0 saturated heterocycles. The molecule has 0 aromatic carbocycles. The Morgan fingerprint density at radius 3 is 2.07 bits per heavy atom. The number of amides is 1. The monoisotopic (exact) mass is 581 g/mol. The van der Waals surface area contributed by atoms with Crippen molar-refractivity contribution in [2.75, 3.05) is 6.61 Å². The maximum Gasteiger partial charge on any atom is 0.306 e. The van der Waals surface area contributed by atoms with Gasteiger partial charge in [0.05, 0.1) is 5.60 Å². The molecule has 0 spiro atoms. The predicted octanol–water partition coefficient (Wildman–Crippen LogP) is 8.21. The SMILES string of the molecule is CCCCCCCCCCCCCC(=O)OC1CC(NC(=O)CCCCC(C)(C)OCCC(C)C)CCC1OC=O. The van der Waals surface area contributed by atoms with Gasteiger partial charge in [-0.25, -0.2) is 0 Å². The van der Waals surface area contributed by atoms with E-state index in [4.69, 9.17) is 14.2 Å². The van der Waals surface area contributed by atoms with Crippen molar-refractivity contribution in [1.82, 2.24) is 5.32 Å². The van der Waals surface area contributed by atoms with E-state index >= 15 is 0 Å². The van der Waals surface area contributed by atoms with Crippen molar-refractivity contribution in [3.05, 3.63) is 0 Å². The van der Waals surface area contributed by atoms with E-state index in [1.807, 2.05) is 0 Å². The van der Waals surface area contributed by atoms with Crippen LogP contribution in [0, 0.1) is 5.92 Å². The lowest BCUT2D eigenvalue weighted by atomic mass is 9.90.